The zero-order valence-electron chi connectivity index (χ0n) is 9.16. The second kappa shape index (κ2) is 4.94. The van der Waals surface area contributed by atoms with Crippen molar-refractivity contribution < 1.29 is 9.90 Å². The monoisotopic (exact) mass is 207 g/mol. The molecule has 1 rings (SSSR count). The van der Waals surface area contributed by atoms with E-state index in [0.717, 1.165) is 6.42 Å². The summed E-state index contributed by atoms with van der Waals surface area (Å²) in [5.41, 5.74) is 0.362. The molecule has 0 saturated heterocycles. The first-order chi connectivity index (χ1) is 7.02. The maximum atomic E-state index is 10.8. The van der Waals surface area contributed by atoms with Gasteiger partial charge in [0, 0.05) is 6.54 Å². The number of carboxylic acids is 1. The van der Waals surface area contributed by atoms with Gasteiger partial charge < -0.3 is 10.4 Å². The van der Waals surface area contributed by atoms with E-state index in [1.54, 1.807) is 13.8 Å². The summed E-state index contributed by atoms with van der Waals surface area (Å²) in [6.45, 7) is 4.00. The highest BCUT2D eigenvalue weighted by molar-refractivity contribution is 5.77. The zero-order chi connectivity index (χ0) is 11.3. The van der Waals surface area contributed by atoms with Gasteiger partial charge in [-0.2, -0.15) is 0 Å². The van der Waals surface area contributed by atoms with Crippen LogP contribution in [0.1, 0.15) is 19.4 Å². The third kappa shape index (κ3) is 3.72. The molecule has 3 nitrogen and oxygen atoms in total. The maximum Gasteiger partial charge on any atom is 0.323 e. The van der Waals surface area contributed by atoms with Gasteiger partial charge in [-0.05, 0) is 25.8 Å². The zero-order valence-corrected chi connectivity index (χ0v) is 9.16. The van der Waals surface area contributed by atoms with Gasteiger partial charge in [0.25, 0.3) is 0 Å². The number of carbonyl (C=O) groups is 1. The Balaban J connectivity index is 2.37. The normalized spacial score (nSPS) is 11.3. The van der Waals surface area contributed by atoms with E-state index in [0.29, 0.717) is 6.54 Å². The molecule has 0 fully saturated rings. The molecular formula is C12H17NO2. The van der Waals surface area contributed by atoms with Gasteiger partial charge >= 0.3 is 5.97 Å². The largest absolute Gasteiger partial charge is 0.480 e. The highest BCUT2D eigenvalue weighted by Gasteiger charge is 2.25. The first-order valence-corrected chi connectivity index (χ1v) is 5.05. The number of benzene rings is 1. The quantitative estimate of drug-likeness (QED) is 0.772. The Hall–Kier alpha value is -1.35. The second-order valence-electron chi connectivity index (χ2n) is 4.09. The van der Waals surface area contributed by atoms with Crippen LogP contribution in [0.2, 0.25) is 0 Å². The van der Waals surface area contributed by atoms with Gasteiger partial charge in [0.15, 0.2) is 0 Å². The molecular weight excluding hydrogens is 190 g/mol. The summed E-state index contributed by atoms with van der Waals surface area (Å²) in [4.78, 5) is 10.8. The highest BCUT2D eigenvalue weighted by atomic mass is 16.4. The number of hydrogen-bond donors (Lipinski definition) is 2. The van der Waals surface area contributed by atoms with Crippen molar-refractivity contribution in [2.45, 2.75) is 25.8 Å². The molecule has 1 aromatic rings. The fourth-order valence-electron chi connectivity index (χ4n) is 1.24. The van der Waals surface area contributed by atoms with Gasteiger partial charge in [0.2, 0.25) is 0 Å². The van der Waals surface area contributed by atoms with Gasteiger partial charge in [0.1, 0.15) is 5.54 Å². The van der Waals surface area contributed by atoms with Gasteiger partial charge in [-0.15, -0.1) is 0 Å². The standard InChI is InChI=1S/C12H17NO2/c1-12(2,11(14)15)13-9-8-10-6-4-3-5-7-10/h3-7,13H,8-9H2,1-2H3,(H,14,15). The average Bonchev–Trinajstić information content (AvgIpc) is 2.19. The minimum atomic E-state index is -0.852. The Morgan fingerprint density at radius 3 is 2.47 bits per heavy atom. The fourth-order valence-corrected chi connectivity index (χ4v) is 1.24. The van der Waals surface area contributed by atoms with E-state index in [-0.39, 0.29) is 0 Å². The SMILES string of the molecule is CC(C)(NCCc1ccccc1)C(=O)O. The van der Waals surface area contributed by atoms with E-state index in [1.807, 2.05) is 30.3 Å². The number of hydrogen-bond acceptors (Lipinski definition) is 2. The molecule has 0 saturated carbocycles. The van der Waals surface area contributed by atoms with Crippen molar-refractivity contribution in [1.29, 1.82) is 0 Å². The van der Waals surface area contributed by atoms with Crippen LogP contribution in [0.4, 0.5) is 0 Å². The first kappa shape index (κ1) is 11.7. The van der Waals surface area contributed by atoms with Crippen LogP contribution in [0.5, 0.6) is 0 Å². The number of aliphatic carboxylic acids is 1. The Morgan fingerprint density at radius 1 is 1.33 bits per heavy atom. The minimum Gasteiger partial charge on any atom is -0.480 e. The summed E-state index contributed by atoms with van der Waals surface area (Å²) in [6, 6.07) is 10.0. The summed E-state index contributed by atoms with van der Waals surface area (Å²) < 4.78 is 0. The molecule has 0 aromatic heterocycles. The third-order valence-electron chi connectivity index (χ3n) is 2.36. The average molecular weight is 207 g/mol. The minimum absolute atomic E-state index is 0.670. The van der Waals surface area contributed by atoms with Crippen molar-refractivity contribution in [1.82, 2.24) is 5.32 Å². The van der Waals surface area contributed by atoms with Crippen molar-refractivity contribution in [2.75, 3.05) is 6.54 Å². The summed E-state index contributed by atoms with van der Waals surface area (Å²) >= 11 is 0. The molecule has 0 radical (unpaired) electrons. The van der Waals surface area contributed by atoms with Crippen LogP contribution in [0.3, 0.4) is 0 Å². The summed E-state index contributed by atoms with van der Waals surface area (Å²) in [6.07, 6.45) is 0.845. The van der Waals surface area contributed by atoms with Crippen molar-refractivity contribution in [3.05, 3.63) is 35.9 Å². The highest BCUT2D eigenvalue weighted by Crippen LogP contribution is 2.03. The lowest BCUT2D eigenvalue weighted by atomic mass is 10.1. The van der Waals surface area contributed by atoms with Crippen molar-refractivity contribution in [3.63, 3.8) is 0 Å². The smallest absolute Gasteiger partial charge is 0.323 e. The molecule has 0 amide bonds. The molecule has 2 N–H and O–H groups in total. The van der Waals surface area contributed by atoms with Crippen LogP contribution in [0.25, 0.3) is 0 Å². The predicted molar refractivity (Wildman–Crippen MR) is 59.9 cm³/mol. The first-order valence-electron chi connectivity index (χ1n) is 5.05. The van der Waals surface area contributed by atoms with E-state index in [9.17, 15) is 4.79 Å². The molecule has 15 heavy (non-hydrogen) atoms. The van der Waals surface area contributed by atoms with Crippen LogP contribution < -0.4 is 5.32 Å². The second-order valence-corrected chi connectivity index (χ2v) is 4.09. The molecule has 0 heterocycles. The van der Waals surface area contributed by atoms with Crippen molar-refractivity contribution >= 4 is 5.97 Å². The van der Waals surface area contributed by atoms with Gasteiger partial charge in [-0.25, -0.2) is 0 Å². The molecule has 0 aliphatic heterocycles. The fraction of sp³-hybridized carbons (Fsp3) is 0.417. The Morgan fingerprint density at radius 2 is 1.93 bits per heavy atom. The predicted octanol–water partition coefficient (Wildman–Crippen LogP) is 1.68. The van der Waals surface area contributed by atoms with Gasteiger partial charge in [-0.1, -0.05) is 30.3 Å². The van der Waals surface area contributed by atoms with Crippen LogP contribution in [0, 0.1) is 0 Å². The van der Waals surface area contributed by atoms with Crippen molar-refractivity contribution in [2.24, 2.45) is 0 Å². The van der Waals surface area contributed by atoms with E-state index >= 15 is 0 Å². The summed E-state index contributed by atoms with van der Waals surface area (Å²) in [7, 11) is 0. The van der Waals surface area contributed by atoms with E-state index in [4.69, 9.17) is 5.11 Å². The Bertz CT molecular complexity index is 320. The topological polar surface area (TPSA) is 49.3 Å². The molecule has 1 aromatic carbocycles. The molecule has 0 unspecified atom stereocenters. The molecule has 0 atom stereocenters. The van der Waals surface area contributed by atoms with Crippen LogP contribution in [-0.2, 0) is 11.2 Å². The maximum absolute atomic E-state index is 10.8. The number of carboxylic acid groups (broad SMARTS) is 1. The molecule has 82 valence electrons. The van der Waals surface area contributed by atoms with E-state index in [1.165, 1.54) is 5.56 Å². The molecule has 0 aliphatic rings. The van der Waals surface area contributed by atoms with Crippen LogP contribution in [0.15, 0.2) is 30.3 Å². The molecule has 0 spiro atoms. The molecule has 3 heteroatoms. The van der Waals surface area contributed by atoms with Gasteiger partial charge in [-0.3, -0.25) is 4.79 Å². The molecule has 0 bridgehead atoms. The number of nitrogens with one attached hydrogen (secondary N) is 1. The number of rotatable bonds is 5. The molecule has 0 aliphatic carbocycles. The summed E-state index contributed by atoms with van der Waals surface area (Å²) in [5, 5.41) is 11.9. The lowest BCUT2D eigenvalue weighted by Crippen LogP contribution is -2.47. The van der Waals surface area contributed by atoms with Crippen LogP contribution >= 0.6 is 0 Å². The Kier molecular flexibility index (Phi) is 3.86. The van der Waals surface area contributed by atoms with Crippen LogP contribution in [-0.4, -0.2) is 23.2 Å². The van der Waals surface area contributed by atoms with E-state index < -0.39 is 11.5 Å². The van der Waals surface area contributed by atoms with Gasteiger partial charge in [0.05, 0.1) is 0 Å². The van der Waals surface area contributed by atoms with E-state index in [2.05, 4.69) is 5.32 Å². The third-order valence-corrected chi connectivity index (χ3v) is 2.36. The Labute approximate surface area is 90.1 Å². The van der Waals surface area contributed by atoms with Crippen molar-refractivity contribution in [3.8, 4) is 0 Å². The lowest BCUT2D eigenvalue weighted by molar-refractivity contribution is -0.143. The lowest BCUT2D eigenvalue weighted by Gasteiger charge is -2.20. The summed E-state index contributed by atoms with van der Waals surface area (Å²) in [5.74, 6) is -0.824.